The van der Waals surface area contributed by atoms with E-state index in [4.69, 9.17) is 4.74 Å². The molecule has 0 unspecified atom stereocenters. The van der Waals surface area contributed by atoms with Gasteiger partial charge in [0.1, 0.15) is 5.60 Å². The normalized spacial score (nSPS) is 22.6. The molecule has 5 nitrogen and oxygen atoms in total. The Labute approximate surface area is 120 Å². The van der Waals surface area contributed by atoms with E-state index in [1.54, 1.807) is 0 Å². The van der Waals surface area contributed by atoms with Crippen molar-refractivity contribution in [3.63, 3.8) is 0 Å². The van der Waals surface area contributed by atoms with Crippen molar-refractivity contribution in [3.8, 4) is 0 Å². The molecule has 1 saturated heterocycles. The predicted octanol–water partition coefficient (Wildman–Crippen LogP) is 1.77. The smallest absolute Gasteiger partial charge is 0.422 e. The highest BCUT2D eigenvalue weighted by Gasteiger charge is 2.28. The molecule has 1 aromatic carbocycles. The molecule has 3 N–H and O–H groups in total. The highest BCUT2D eigenvalue weighted by Crippen LogP contribution is 2.22. The van der Waals surface area contributed by atoms with E-state index in [-0.39, 0.29) is 6.04 Å². The van der Waals surface area contributed by atoms with Gasteiger partial charge in [-0.3, -0.25) is 5.43 Å². The standard InChI is InChI=1S/C15H23N3O2/c1-15(2,3)20-14(19)18-17-13-10-16-9-12(13)11-7-5-4-6-8-11/h4-8,12-13,16-17H,9-10H2,1-3H3,(H,18,19)/t12-,13+/m0/s1. The molecule has 2 rings (SSSR count). The number of carbonyl (C=O) groups is 1. The SMILES string of the molecule is CC(C)(C)OC(=O)NN[C@@H]1CNC[C@H]1c1ccccc1. The Balaban J connectivity index is 1.88. The van der Waals surface area contributed by atoms with Gasteiger partial charge in [0.05, 0.1) is 0 Å². The van der Waals surface area contributed by atoms with Gasteiger partial charge in [-0.15, -0.1) is 0 Å². The van der Waals surface area contributed by atoms with E-state index in [9.17, 15) is 4.79 Å². The molecule has 0 spiro atoms. The number of nitrogens with one attached hydrogen (secondary N) is 3. The van der Waals surface area contributed by atoms with Crippen LogP contribution in [0.5, 0.6) is 0 Å². The summed E-state index contributed by atoms with van der Waals surface area (Å²) in [7, 11) is 0. The summed E-state index contributed by atoms with van der Waals surface area (Å²) in [5.41, 5.74) is 6.47. The Morgan fingerprint density at radius 3 is 2.60 bits per heavy atom. The van der Waals surface area contributed by atoms with Crippen LogP contribution >= 0.6 is 0 Å². The first-order valence-corrected chi connectivity index (χ1v) is 6.96. The Kier molecular flexibility index (Phi) is 4.62. The molecule has 1 fully saturated rings. The minimum absolute atomic E-state index is 0.157. The number of carbonyl (C=O) groups excluding carboxylic acids is 1. The van der Waals surface area contributed by atoms with E-state index >= 15 is 0 Å². The van der Waals surface area contributed by atoms with Crippen LogP contribution in [0.25, 0.3) is 0 Å². The molecule has 1 aromatic rings. The Bertz CT molecular complexity index is 442. The number of rotatable bonds is 3. The van der Waals surface area contributed by atoms with Crippen molar-refractivity contribution in [2.24, 2.45) is 0 Å². The zero-order valence-corrected chi connectivity index (χ0v) is 12.3. The highest BCUT2D eigenvalue weighted by molar-refractivity contribution is 5.67. The number of hydrazine groups is 1. The molecule has 1 amide bonds. The van der Waals surface area contributed by atoms with Gasteiger partial charge < -0.3 is 10.1 Å². The van der Waals surface area contributed by atoms with E-state index < -0.39 is 11.7 Å². The summed E-state index contributed by atoms with van der Waals surface area (Å²) >= 11 is 0. The van der Waals surface area contributed by atoms with Crippen LogP contribution in [-0.2, 0) is 4.74 Å². The second kappa shape index (κ2) is 6.24. The lowest BCUT2D eigenvalue weighted by atomic mass is 9.95. The lowest BCUT2D eigenvalue weighted by Gasteiger charge is -2.23. The quantitative estimate of drug-likeness (QED) is 0.737. The maximum Gasteiger partial charge on any atom is 0.422 e. The largest absolute Gasteiger partial charge is 0.443 e. The van der Waals surface area contributed by atoms with Gasteiger partial charge >= 0.3 is 6.09 Å². The number of ether oxygens (including phenoxy) is 1. The molecular formula is C15H23N3O2. The van der Waals surface area contributed by atoms with Gasteiger partial charge in [-0.2, -0.15) is 0 Å². The molecule has 2 atom stereocenters. The molecule has 0 radical (unpaired) electrons. The second-order valence-corrected chi connectivity index (χ2v) is 6.05. The molecule has 20 heavy (non-hydrogen) atoms. The lowest BCUT2D eigenvalue weighted by molar-refractivity contribution is 0.0488. The van der Waals surface area contributed by atoms with E-state index in [1.165, 1.54) is 5.56 Å². The van der Waals surface area contributed by atoms with Gasteiger partial charge in [0, 0.05) is 25.0 Å². The van der Waals surface area contributed by atoms with Crippen molar-refractivity contribution < 1.29 is 9.53 Å². The van der Waals surface area contributed by atoms with Gasteiger partial charge in [-0.25, -0.2) is 10.2 Å². The molecule has 1 aliphatic heterocycles. The second-order valence-electron chi connectivity index (χ2n) is 6.05. The zero-order chi connectivity index (χ0) is 14.6. The fourth-order valence-electron chi connectivity index (χ4n) is 2.34. The van der Waals surface area contributed by atoms with Gasteiger partial charge in [-0.1, -0.05) is 30.3 Å². The van der Waals surface area contributed by atoms with Crippen molar-refractivity contribution in [2.75, 3.05) is 13.1 Å². The molecule has 5 heteroatoms. The molecule has 110 valence electrons. The molecule has 0 aliphatic carbocycles. The average Bonchev–Trinajstić information content (AvgIpc) is 2.83. The Morgan fingerprint density at radius 1 is 1.25 bits per heavy atom. The van der Waals surface area contributed by atoms with E-state index in [0.717, 1.165) is 13.1 Å². The van der Waals surface area contributed by atoms with E-state index in [2.05, 4.69) is 28.3 Å². The van der Waals surface area contributed by atoms with Crippen LogP contribution in [0.2, 0.25) is 0 Å². The summed E-state index contributed by atoms with van der Waals surface area (Å²) in [5.74, 6) is 0.339. The number of amides is 1. The van der Waals surface area contributed by atoms with Crippen LogP contribution < -0.4 is 16.2 Å². The van der Waals surface area contributed by atoms with Gasteiger partial charge in [0.2, 0.25) is 0 Å². The molecule has 0 saturated carbocycles. The fourth-order valence-corrected chi connectivity index (χ4v) is 2.34. The van der Waals surface area contributed by atoms with E-state index in [1.807, 2.05) is 39.0 Å². The first-order valence-electron chi connectivity index (χ1n) is 6.96. The lowest BCUT2D eigenvalue weighted by Crippen LogP contribution is -2.48. The van der Waals surface area contributed by atoms with Crippen molar-refractivity contribution in [2.45, 2.75) is 38.3 Å². The molecule has 1 heterocycles. The number of hydrogen-bond acceptors (Lipinski definition) is 4. The zero-order valence-electron chi connectivity index (χ0n) is 12.3. The number of hydrogen-bond donors (Lipinski definition) is 3. The Morgan fingerprint density at radius 2 is 1.95 bits per heavy atom. The van der Waals surface area contributed by atoms with Crippen LogP contribution in [0.4, 0.5) is 4.79 Å². The fraction of sp³-hybridized carbons (Fsp3) is 0.533. The van der Waals surface area contributed by atoms with Crippen molar-refractivity contribution in [3.05, 3.63) is 35.9 Å². The molecule has 1 aliphatic rings. The van der Waals surface area contributed by atoms with E-state index in [0.29, 0.717) is 5.92 Å². The Hall–Kier alpha value is -1.59. The summed E-state index contributed by atoms with van der Waals surface area (Å²) in [6.07, 6.45) is -0.448. The monoisotopic (exact) mass is 277 g/mol. The molecule has 0 aromatic heterocycles. The summed E-state index contributed by atoms with van der Waals surface area (Å²) in [6.45, 7) is 7.25. The minimum Gasteiger partial charge on any atom is -0.443 e. The average molecular weight is 277 g/mol. The predicted molar refractivity (Wildman–Crippen MR) is 78.3 cm³/mol. The third-order valence-electron chi connectivity index (χ3n) is 3.20. The summed E-state index contributed by atoms with van der Waals surface area (Å²) in [5, 5.41) is 3.34. The van der Waals surface area contributed by atoms with Crippen LogP contribution in [0, 0.1) is 0 Å². The van der Waals surface area contributed by atoms with Crippen LogP contribution in [-0.4, -0.2) is 30.8 Å². The van der Waals surface area contributed by atoms with Crippen molar-refractivity contribution in [1.29, 1.82) is 0 Å². The van der Waals surface area contributed by atoms with Crippen molar-refractivity contribution in [1.82, 2.24) is 16.2 Å². The van der Waals surface area contributed by atoms with Gasteiger partial charge in [-0.05, 0) is 26.3 Å². The third-order valence-corrected chi connectivity index (χ3v) is 3.20. The molecular weight excluding hydrogens is 254 g/mol. The van der Waals surface area contributed by atoms with Gasteiger partial charge in [0.15, 0.2) is 0 Å². The summed E-state index contributed by atoms with van der Waals surface area (Å²) < 4.78 is 5.21. The van der Waals surface area contributed by atoms with Crippen LogP contribution in [0.1, 0.15) is 32.3 Å². The summed E-state index contributed by atoms with van der Waals surface area (Å²) in [6, 6.07) is 10.5. The van der Waals surface area contributed by atoms with Gasteiger partial charge in [0.25, 0.3) is 0 Å². The first kappa shape index (κ1) is 14.8. The number of benzene rings is 1. The van der Waals surface area contributed by atoms with Crippen LogP contribution in [0.15, 0.2) is 30.3 Å². The third kappa shape index (κ3) is 4.21. The first-order chi connectivity index (χ1) is 9.46. The topological polar surface area (TPSA) is 62.4 Å². The maximum absolute atomic E-state index is 11.6. The maximum atomic E-state index is 11.6. The van der Waals surface area contributed by atoms with Crippen LogP contribution in [0.3, 0.4) is 0 Å². The molecule has 0 bridgehead atoms. The minimum atomic E-state index is -0.488. The van der Waals surface area contributed by atoms with Crippen molar-refractivity contribution >= 4 is 6.09 Å². The highest BCUT2D eigenvalue weighted by atomic mass is 16.6. The summed E-state index contributed by atoms with van der Waals surface area (Å²) in [4.78, 5) is 11.6.